The summed E-state index contributed by atoms with van der Waals surface area (Å²) in [5.41, 5.74) is 1.81. The molecule has 78 valence electrons. The topological polar surface area (TPSA) is 40.5 Å². The second-order valence-corrected chi connectivity index (χ2v) is 10.9. The maximum atomic E-state index is 9.32. The van der Waals surface area contributed by atoms with Crippen LogP contribution in [0.3, 0.4) is 0 Å². The standard InChI is InChI=1S/C10H15ClO2Si/c1-14(2,11)7-9-5-10(13)4-3-8(9)6-12/h3-5,12-13H,6-7H2,1-2H3. The summed E-state index contributed by atoms with van der Waals surface area (Å²) in [6.07, 6.45) is 0. The summed E-state index contributed by atoms with van der Waals surface area (Å²) in [5, 5.41) is 18.4. The summed E-state index contributed by atoms with van der Waals surface area (Å²) in [7, 11) is -1.72. The minimum atomic E-state index is -1.72. The lowest BCUT2D eigenvalue weighted by Crippen LogP contribution is -2.21. The summed E-state index contributed by atoms with van der Waals surface area (Å²) < 4.78 is 0. The van der Waals surface area contributed by atoms with E-state index in [1.165, 1.54) is 0 Å². The van der Waals surface area contributed by atoms with E-state index < -0.39 is 7.38 Å². The predicted molar refractivity (Wildman–Crippen MR) is 61.1 cm³/mol. The highest BCUT2D eigenvalue weighted by atomic mass is 35.6. The van der Waals surface area contributed by atoms with Gasteiger partial charge in [0.25, 0.3) is 0 Å². The maximum absolute atomic E-state index is 9.32. The Hall–Kier alpha value is -0.513. The number of aliphatic hydroxyl groups excluding tert-OH is 1. The molecule has 0 aliphatic heterocycles. The van der Waals surface area contributed by atoms with Crippen molar-refractivity contribution in [3.05, 3.63) is 29.3 Å². The number of phenols is 1. The molecule has 0 aliphatic carbocycles. The Bertz CT molecular complexity index is 320. The number of aromatic hydroxyl groups is 1. The van der Waals surface area contributed by atoms with Crippen molar-refractivity contribution in [1.29, 1.82) is 0 Å². The Balaban J connectivity index is 2.99. The van der Waals surface area contributed by atoms with E-state index in [2.05, 4.69) is 0 Å². The second-order valence-electron chi connectivity index (χ2n) is 4.01. The van der Waals surface area contributed by atoms with Gasteiger partial charge in [0.1, 0.15) is 5.75 Å². The van der Waals surface area contributed by atoms with Gasteiger partial charge in [0.15, 0.2) is 7.38 Å². The molecular formula is C10H15ClO2Si. The molecule has 14 heavy (non-hydrogen) atoms. The van der Waals surface area contributed by atoms with Crippen LogP contribution in [0.5, 0.6) is 5.75 Å². The number of phenolic OH excluding ortho intramolecular Hbond substituents is 1. The van der Waals surface area contributed by atoms with Crippen molar-refractivity contribution in [3.63, 3.8) is 0 Å². The Morgan fingerprint density at radius 3 is 2.43 bits per heavy atom. The normalized spacial score (nSPS) is 11.7. The SMILES string of the molecule is C[Si](C)(Cl)Cc1cc(O)ccc1CO. The lowest BCUT2D eigenvalue weighted by Gasteiger charge is -2.15. The van der Waals surface area contributed by atoms with Gasteiger partial charge in [0.05, 0.1) is 6.61 Å². The van der Waals surface area contributed by atoms with Crippen LogP contribution in [0.4, 0.5) is 0 Å². The molecule has 0 aromatic heterocycles. The molecule has 2 N–H and O–H groups in total. The van der Waals surface area contributed by atoms with Crippen LogP contribution in [0.15, 0.2) is 18.2 Å². The van der Waals surface area contributed by atoms with Crippen LogP contribution in [0.1, 0.15) is 11.1 Å². The van der Waals surface area contributed by atoms with Crippen LogP contribution in [0.2, 0.25) is 13.1 Å². The number of hydrogen-bond acceptors (Lipinski definition) is 2. The van der Waals surface area contributed by atoms with Gasteiger partial charge in [-0.25, -0.2) is 0 Å². The molecule has 4 heteroatoms. The highest BCUT2D eigenvalue weighted by molar-refractivity contribution is 7.18. The lowest BCUT2D eigenvalue weighted by atomic mass is 10.1. The van der Waals surface area contributed by atoms with Crippen LogP contribution in [0, 0.1) is 0 Å². The molecule has 2 nitrogen and oxygen atoms in total. The van der Waals surface area contributed by atoms with Gasteiger partial charge in [0.2, 0.25) is 0 Å². The summed E-state index contributed by atoms with van der Waals surface area (Å²) in [5.74, 6) is 0.229. The fraction of sp³-hybridized carbons (Fsp3) is 0.400. The van der Waals surface area contributed by atoms with Gasteiger partial charge in [-0.15, -0.1) is 0 Å². The molecular weight excluding hydrogens is 216 g/mol. The zero-order valence-corrected chi connectivity index (χ0v) is 10.2. The molecule has 0 unspecified atom stereocenters. The van der Waals surface area contributed by atoms with Gasteiger partial charge in [0, 0.05) is 0 Å². The van der Waals surface area contributed by atoms with Gasteiger partial charge in [-0.3, -0.25) is 0 Å². The first-order valence-corrected chi connectivity index (χ1v) is 8.75. The van der Waals surface area contributed by atoms with Crippen molar-refractivity contribution in [2.24, 2.45) is 0 Å². The van der Waals surface area contributed by atoms with Crippen LogP contribution in [-0.4, -0.2) is 17.6 Å². The number of benzene rings is 1. The lowest BCUT2D eigenvalue weighted by molar-refractivity contribution is 0.280. The van der Waals surface area contributed by atoms with Crippen LogP contribution < -0.4 is 0 Å². The van der Waals surface area contributed by atoms with Crippen molar-refractivity contribution in [2.45, 2.75) is 25.7 Å². The fourth-order valence-corrected chi connectivity index (χ4v) is 3.05. The van der Waals surface area contributed by atoms with Gasteiger partial charge in [-0.2, -0.15) is 11.1 Å². The molecule has 0 aliphatic rings. The zero-order valence-electron chi connectivity index (χ0n) is 8.42. The smallest absolute Gasteiger partial charge is 0.154 e. The van der Waals surface area contributed by atoms with E-state index in [0.717, 1.165) is 17.2 Å². The van der Waals surface area contributed by atoms with Gasteiger partial charge < -0.3 is 10.2 Å². The highest BCUT2D eigenvalue weighted by Gasteiger charge is 2.19. The Kier molecular flexibility index (Phi) is 3.58. The molecule has 0 atom stereocenters. The van der Waals surface area contributed by atoms with E-state index in [9.17, 15) is 5.11 Å². The third-order valence-corrected chi connectivity index (χ3v) is 3.59. The molecule has 0 bridgehead atoms. The minimum Gasteiger partial charge on any atom is -0.508 e. The van der Waals surface area contributed by atoms with Crippen LogP contribution in [-0.2, 0) is 12.7 Å². The third-order valence-electron chi connectivity index (χ3n) is 1.97. The van der Waals surface area contributed by atoms with E-state index in [4.69, 9.17) is 16.2 Å². The first kappa shape index (κ1) is 11.6. The number of hydrogen-bond donors (Lipinski definition) is 2. The molecule has 0 fully saturated rings. The zero-order chi connectivity index (χ0) is 10.8. The van der Waals surface area contributed by atoms with Gasteiger partial charge in [-0.05, 0) is 29.3 Å². The average molecular weight is 231 g/mol. The number of rotatable bonds is 3. The van der Waals surface area contributed by atoms with Crippen molar-refractivity contribution < 1.29 is 10.2 Å². The van der Waals surface area contributed by atoms with E-state index in [0.29, 0.717) is 0 Å². The molecule has 1 rings (SSSR count). The highest BCUT2D eigenvalue weighted by Crippen LogP contribution is 2.22. The molecule has 0 radical (unpaired) electrons. The quantitative estimate of drug-likeness (QED) is 0.619. The summed E-state index contributed by atoms with van der Waals surface area (Å²) >= 11 is 6.22. The van der Waals surface area contributed by atoms with Gasteiger partial charge in [-0.1, -0.05) is 19.2 Å². The number of aliphatic hydroxyl groups is 1. The Labute approximate surface area is 89.9 Å². The molecule has 1 aromatic carbocycles. The average Bonchev–Trinajstić information content (AvgIpc) is 2.01. The monoisotopic (exact) mass is 230 g/mol. The second kappa shape index (κ2) is 4.34. The molecule has 0 saturated heterocycles. The van der Waals surface area contributed by atoms with E-state index in [-0.39, 0.29) is 12.4 Å². The first-order valence-electron chi connectivity index (χ1n) is 4.53. The van der Waals surface area contributed by atoms with Crippen molar-refractivity contribution in [2.75, 3.05) is 0 Å². The maximum Gasteiger partial charge on any atom is 0.154 e. The van der Waals surface area contributed by atoms with Crippen molar-refractivity contribution >= 4 is 18.5 Å². The fourth-order valence-electron chi connectivity index (χ4n) is 1.38. The summed E-state index contributed by atoms with van der Waals surface area (Å²) in [6, 6.07) is 5.76. The molecule has 0 spiro atoms. The van der Waals surface area contributed by atoms with Crippen molar-refractivity contribution in [3.8, 4) is 5.75 Å². The first-order chi connectivity index (χ1) is 6.42. The molecule has 1 aromatic rings. The number of halogens is 1. The Morgan fingerprint density at radius 2 is 1.93 bits per heavy atom. The van der Waals surface area contributed by atoms with Gasteiger partial charge >= 0.3 is 0 Å². The van der Waals surface area contributed by atoms with Crippen LogP contribution >= 0.6 is 11.1 Å². The van der Waals surface area contributed by atoms with Crippen LogP contribution in [0.25, 0.3) is 0 Å². The van der Waals surface area contributed by atoms with E-state index >= 15 is 0 Å². The van der Waals surface area contributed by atoms with E-state index in [1.807, 2.05) is 13.1 Å². The Morgan fingerprint density at radius 1 is 1.29 bits per heavy atom. The molecule has 0 amide bonds. The largest absolute Gasteiger partial charge is 0.508 e. The summed E-state index contributed by atoms with van der Waals surface area (Å²) in [6.45, 7) is 4.08. The minimum absolute atomic E-state index is 0.00299. The van der Waals surface area contributed by atoms with E-state index in [1.54, 1.807) is 18.2 Å². The molecule has 0 heterocycles. The van der Waals surface area contributed by atoms with Crippen molar-refractivity contribution in [1.82, 2.24) is 0 Å². The summed E-state index contributed by atoms with van der Waals surface area (Å²) in [4.78, 5) is 0. The molecule has 0 saturated carbocycles. The predicted octanol–water partition coefficient (Wildman–Crippen LogP) is 2.41. The third kappa shape index (κ3) is 3.33.